The normalized spacial score (nSPS) is 11.0. The van der Waals surface area contributed by atoms with Gasteiger partial charge in [0, 0.05) is 11.6 Å². The Morgan fingerprint density at radius 3 is 2.87 bits per heavy atom. The molecule has 0 unspecified atom stereocenters. The first-order chi connectivity index (χ1) is 15.1. The van der Waals surface area contributed by atoms with Gasteiger partial charge in [0.05, 0.1) is 17.2 Å². The molecular formula is C22H13F2N6O+. The second kappa shape index (κ2) is 7.42. The van der Waals surface area contributed by atoms with Crippen molar-refractivity contribution in [1.29, 1.82) is 5.26 Å². The molecule has 0 spiro atoms. The average molecular weight is 415 g/mol. The number of imidazole rings is 1. The summed E-state index contributed by atoms with van der Waals surface area (Å²) >= 11 is 0. The fourth-order valence-corrected chi connectivity index (χ4v) is 3.24. The van der Waals surface area contributed by atoms with Crippen LogP contribution in [-0.4, -0.2) is 20.2 Å². The van der Waals surface area contributed by atoms with Crippen molar-refractivity contribution in [2.75, 3.05) is 0 Å². The molecule has 0 amide bonds. The Morgan fingerprint density at radius 1 is 1.13 bits per heavy atom. The fraction of sp³-hybridized carbons (Fsp3) is 0.0455. The van der Waals surface area contributed by atoms with Crippen LogP contribution < -0.4 is 4.68 Å². The number of benzene rings is 2. The van der Waals surface area contributed by atoms with E-state index in [1.54, 1.807) is 35.1 Å². The first-order valence-electron chi connectivity index (χ1n) is 9.27. The monoisotopic (exact) mass is 415 g/mol. The number of aromatic nitrogens is 5. The molecule has 1 N–H and O–H groups in total. The van der Waals surface area contributed by atoms with E-state index in [9.17, 15) is 8.78 Å². The van der Waals surface area contributed by atoms with Crippen molar-refractivity contribution in [1.82, 2.24) is 20.2 Å². The lowest BCUT2D eigenvalue weighted by Gasteiger charge is -1.99. The Bertz CT molecular complexity index is 1470. The predicted octanol–water partition coefficient (Wildman–Crippen LogP) is 3.77. The quantitative estimate of drug-likeness (QED) is 0.451. The summed E-state index contributed by atoms with van der Waals surface area (Å²) in [4.78, 5) is 7.29. The summed E-state index contributed by atoms with van der Waals surface area (Å²) < 4.78 is 34.6. The first kappa shape index (κ1) is 18.6. The number of H-pyrrole nitrogens is 1. The SMILES string of the molecule is N#Cc1cccc(-c2cc(C[n+]3cc4[nH]c(-c5cccc(F)c5F)nc4cn3)on2)c1. The van der Waals surface area contributed by atoms with Crippen molar-refractivity contribution in [3.63, 3.8) is 0 Å². The minimum absolute atomic E-state index is 0.0437. The third kappa shape index (κ3) is 3.51. The molecule has 9 heteroatoms. The molecule has 0 aliphatic rings. The van der Waals surface area contributed by atoms with Gasteiger partial charge in [-0.15, -0.1) is 0 Å². The predicted molar refractivity (Wildman–Crippen MR) is 105 cm³/mol. The number of rotatable bonds is 4. The van der Waals surface area contributed by atoms with Crippen molar-refractivity contribution in [3.05, 3.63) is 83.9 Å². The summed E-state index contributed by atoms with van der Waals surface area (Å²) in [6.07, 6.45) is 3.22. The highest BCUT2D eigenvalue weighted by atomic mass is 19.2. The van der Waals surface area contributed by atoms with Gasteiger partial charge in [0.25, 0.3) is 0 Å². The highest BCUT2D eigenvalue weighted by Crippen LogP contribution is 2.24. The molecule has 0 radical (unpaired) electrons. The van der Waals surface area contributed by atoms with Crippen LogP contribution in [-0.2, 0) is 6.54 Å². The van der Waals surface area contributed by atoms with E-state index in [0.717, 1.165) is 11.6 Å². The van der Waals surface area contributed by atoms with Gasteiger partial charge in [-0.1, -0.05) is 28.0 Å². The zero-order valence-electron chi connectivity index (χ0n) is 15.9. The van der Waals surface area contributed by atoms with Crippen LogP contribution in [0.4, 0.5) is 8.78 Å². The van der Waals surface area contributed by atoms with Crippen molar-refractivity contribution < 1.29 is 18.0 Å². The third-order valence-corrected chi connectivity index (χ3v) is 4.74. The van der Waals surface area contributed by atoms with Crippen molar-refractivity contribution in [2.24, 2.45) is 0 Å². The van der Waals surface area contributed by atoms with E-state index in [1.807, 2.05) is 6.07 Å². The molecule has 0 saturated heterocycles. The Labute approximate surface area is 174 Å². The number of hydrogen-bond donors (Lipinski definition) is 1. The fourth-order valence-electron chi connectivity index (χ4n) is 3.24. The summed E-state index contributed by atoms with van der Waals surface area (Å²) in [5.41, 5.74) is 3.09. The van der Waals surface area contributed by atoms with E-state index in [-0.39, 0.29) is 11.4 Å². The maximum Gasteiger partial charge on any atom is 0.234 e. The molecule has 0 atom stereocenters. The van der Waals surface area contributed by atoms with Crippen LogP contribution in [0, 0.1) is 23.0 Å². The van der Waals surface area contributed by atoms with Crippen LogP contribution in [0.5, 0.6) is 0 Å². The second-order valence-corrected chi connectivity index (χ2v) is 6.83. The van der Waals surface area contributed by atoms with Gasteiger partial charge in [0.1, 0.15) is 28.7 Å². The molecule has 7 nitrogen and oxygen atoms in total. The van der Waals surface area contributed by atoms with Gasteiger partial charge in [-0.25, -0.2) is 13.8 Å². The smallest absolute Gasteiger partial charge is 0.234 e. The van der Waals surface area contributed by atoms with Crippen LogP contribution in [0.3, 0.4) is 0 Å². The number of aromatic amines is 1. The Kier molecular flexibility index (Phi) is 4.45. The molecule has 3 heterocycles. The lowest BCUT2D eigenvalue weighted by atomic mass is 10.1. The third-order valence-electron chi connectivity index (χ3n) is 4.74. The summed E-state index contributed by atoms with van der Waals surface area (Å²) in [5, 5.41) is 17.4. The minimum Gasteiger partial charge on any atom is -0.354 e. The molecule has 0 bridgehead atoms. The topological polar surface area (TPSA) is 95.3 Å². The molecule has 31 heavy (non-hydrogen) atoms. The van der Waals surface area contributed by atoms with Crippen LogP contribution in [0.2, 0.25) is 0 Å². The Morgan fingerprint density at radius 2 is 2.00 bits per heavy atom. The van der Waals surface area contributed by atoms with Crippen molar-refractivity contribution in [3.8, 4) is 28.7 Å². The molecule has 2 aromatic carbocycles. The Balaban J connectivity index is 1.42. The number of nitriles is 1. The Hall–Kier alpha value is -4.45. The molecule has 0 aliphatic carbocycles. The minimum atomic E-state index is -0.961. The van der Waals surface area contributed by atoms with Gasteiger partial charge in [-0.3, -0.25) is 0 Å². The number of nitrogens with one attached hydrogen (secondary N) is 1. The largest absolute Gasteiger partial charge is 0.354 e. The van der Waals surface area contributed by atoms with Gasteiger partial charge in [-0.2, -0.15) is 5.26 Å². The van der Waals surface area contributed by atoms with Gasteiger partial charge >= 0.3 is 0 Å². The zero-order valence-corrected chi connectivity index (χ0v) is 15.9. The maximum atomic E-state index is 14.1. The highest BCUT2D eigenvalue weighted by Gasteiger charge is 2.17. The van der Waals surface area contributed by atoms with E-state index in [0.29, 0.717) is 34.6 Å². The summed E-state index contributed by atoms with van der Waals surface area (Å²) in [7, 11) is 0. The van der Waals surface area contributed by atoms with Crippen molar-refractivity contribution in [2.45, 2.75) is 6.54 Å². The van der Waals surface area contributed by atoms with Gasteiger partial charge in [0.2, 0.25) is 18.5 Å². The number of hydrogen-bond acceptors (Lipinski definition) is 5. The van der Waals surface area contributed by atoms with E-state index in [2.05, 4.69) is 26.3 Å². The van der Waals surface area contributed by atoms with Gasteiger partial charge < -0.3 is 9.51 Å². The standard InChI is InChI=1S/C22H12F2N6O/c23-17-6-2-5-16(21(17)24)22-27-19-10-26-30(12-20(19)28-22)11-15-8-18(29-31-15)14-4-1-3-13(7-14)9-25/h1-8,10,12H,11H2/p+1. The average Bonchev–Trinajstić information content (AvgIpc) is 3.42. The lowest BCUT2D eigenvalue weighted by Crippen LogP contribution is -2.37. The van der Waals surface area contributed by atoms with Crippen LogP contribution in [0.25, 0.3) is 33.7 Å². The van der Waals surface area contributed by atoms with Gasteiger partial charge in [0.15, 0.2) is 11.6 Å². The van der Waals surface area contributed by atoms with Crippen LogP contribution in [0.1, 0.15) is 11.3 Å². The number of fused-ring (bicyclic) bond motifs is 1. The second-order valence-electron chi connectivity index (χ2n) is 6.83. The number of halogens is 2. The molecule has 5 aromatic rings. The van der Waals surface area contributed by atoms with Gasteiger partial charge in [-0.05, 0) is 29.4 Å². The zero-order chi connectivity index (χ0) is 21.4. The molecule has 5 rings (SSSR count). The molecular weight excluding hydrogens is 402 g/mol. The lowest BCUT2D eigenvalue weighted by molar-refractivity contribution is -0.746. The molecule has 0 saturated carbocycles. The summed E-state index contributed by atoms with van der Waals surface area (Å²) in [6, 6.07) is 14.9. The number of nitrogens with zero attached hydrogens (tertiary/aromatic N) is 5. The molecule has 0 aliphatic heterocycles. The molecule has 150 valence electrons. The highest BCUT2D eigenvalue weighted by molar-refractivity contribution is 5.77. The van der Waals surface area contributed by atoms with Crippen molar-refractivity contribution >= 4 is 11.0 Å². The van der Waals surface area contributed by atoms with Crippen LogP contribution in [0.15, 0.2) is 65.4 Å². The summed E-state index contributed by atoms with van der Waals surface area (Å²) in [5.74, 6) is -1.12. The van der Waals surface area contributed by atoms with Crippen LogP contribution >= 0.6 is 0 Å². The molecule has 0 fully saturated rings. The van der Waals surface area contributed by atoms with E-state index < -0.39 is 11.6 Å². The molecule has 3 aromatic heterocycles. The summed E-state index contributed by atoms with van der Waals surface area (Å²) in [6.45, 7) is 0.295. The van der Waals surface area contributed by atoms with E-state index in [4.69, 9.17) is 9.78 Å². The van der Waals surface area contributed by atoms with E-state index in [1.165, 1.54) is 18.3 Å². The maximum absolute atomic E-state index is 14.1. The first-order valence-corrected chi connectivity index (χ1v) is 9.27. The van der Waals surface area contributed by atoms with E-state index >= 15 is 0 Å².